The van der Waals surface area contributed by atoms with Gasteiger partial charge in [-0.15, -0.1) is 0 Å². The lowest BCUT2D eigenvalue weighted by atomic mass is 9.97. The molecule has 6 nitrogen and oxygen atoms in total. The van der Waals surface area contributed by atoms with E-state index in [4.69, 9.17) is 5.84 Å². The van der Waals surface area contributed by atoms with Gasteiger partial charge in [-0.2, -0.15) is 0 Å². The normalized spacial score (nSPS) is 11.4. The number of nitrogens with two attached hydrogens (primary N) is 1. The molecule has 0 fully saturated rings. The second-order valence-corrected chi connectivity index (χ2v) is 4.73. The molecule has 0 saturated heterocycles. The van der Waals surface area contributed by atoms with E-state index in [1.165, 1.54) is 6.33 Å². The van der Waals surface area contributed by atoms with Crippen molar-refractivity contribution in [3.8, 4) is 0 Å². The van der Waals surface area contributed by atoms with Crippen LogP contribution in [0.4, 0.5) is 11.6 Å². The van der Waals surface area contributed by atoms with E-state index in [9.17, 15) is 5.11 Å². The number of anilines is 2. The summed E-state index contributed by atoms with van der Waals surface area (Å²) in [6.07, 6.45) is 4.68. The van der Waals surface area contributed by atoms with Crippen molar-refractivity contribution in [3.05, 3.63) is 11.9 Å². The van der Waals surface area contributed by atoms with Crippen molar-refractivity contribution >= 4 is 11.6 Å². The Morgan fingerprint density at radius 2 is 1.84 bits per heavy atom. The molecule has 5 N–H and O–H groups in total. The SMILES string of the molecule is CCCc1c(NN)ncnc1NCC(O)(CC)CC. The highest BCUT2D eigenvalue weighted by atomic mass is 16.3. The molecule has 1 heterocycles. The molecular weight excluding hydrogens is 242 g/mol. The van der Waals surface area contributed by atoms with Gasteiger partial charge in [0.1, 0.15) is 18.0 Å². The second-order valence-electron chi connectivity index (χ2n) is 4.73. The molecule has 0 bridgehead atoms. The maximum atomic E-state index is 10.3. The van der Waals surface area contributed by atoms with Crippen molar-refractivity contribution < 1.29 is 5.11 Å². The van der Waals surface area contributed by atoms with Gasteiger partial charge in [0.25, 0.3) is 0 Å². The van der Waals surface area contributed by atoms with Crippen LogP contribution in [-0.2, 0) is 6.42 Å². The Hall–Kier alpha value is -1.40. The Bertz CT molecular complexity index is 393. The zero-order valence-corrected chi connectivity index (χ0v) is 12.0. The van der Waals surface area contributed by atoms with Crippen LogP contribution < -0.4 is 16.6 Å². The van der Waals surface area contributed by atoms with Gasteiger partial charge >= 0.3 is 0 Å². The Morgan fingerprint density at radius 3 is 2.37 bits per heavy atom. The number of rotatable bonds is 8. The summed E-state index contributed by atoms with van der Waals surface area (Å²) in [5.74, 6) is 6.84. The van der Waals surface area contributed by atoms with Crippen LogP contribution >= 0.6 is 0 Å². The average Bonchev–Trinajstić information content (AvgIpc) is 2.46. The molecule has 1 aromatic rings. The molecule has 19 heavy (non-hydrogen) atoms. The van der Waals surface area contributed by atoms with E-state index >= 15 is 0 Å². The predicted molar refractivity (Wildman–Crippen MR) is 77.9 cm³/mol. The quantitative estimate of drug-likeness (QED) is 0.423. The van der Waals surface area contributed by atoms with Gasteiger partial charge in [0, 0.05) is 12.1 Å². The average molecular weight is 267 g/mol. The van der Waals surface area contributed by atoms with Crippen molar-refractivity contribution in [2.24, 2.45) is 5.84 Å². The summed E-state index contributed by atoms with van der Waals surface area (Å²) < 4.78 is 0. The van der Waals surface area contributed by atoms with Crippen molar-refractivity contribution in [2.45, 2.75) is 52.1 Å². The number of hydrogen-bond donors (Lipinski definition) is 4. The highest BCUT2D eigenvalue weighted by Crippen LogP contribution is 2.22. The fourth-order valence-electron chi connectivity index (χ4n) is 1.92. The van der Waals surface area contributed by atoms with Crippen LogP contribution in [0.25, 0.3) is 0 Å². The molecule has 108 valence electrons. The van der Waals surface area contributed by atoms with Crippen molar-refractivity contribution in [1.29, 1.82) is 0 Å². The number of aromatic nitrogens is 2. The molecular formula is C13H25N5O. The van der Waals surface area contributed by atoms with Crippen LogP contribution in [0.15, 0.2) is 6.33 Å². The summed E-state index contributed by atoms with van der Waals surface area (Å²) in [7, 11) is 0. The summed E-state index contributed by atoms with van der Waals surface area (Å²) in [4.78, 5) is 8.36. The van der Waals surface area contributed by atoms with Crippen molar-refractivity contribution in [1.82, 2.24) is 9.97 Å². The second kappa shape index (κ2) is 7.25. The fourth-order valence-corrected chi connectivity index (χ4v) is 1.92. The minimum atomic E-state index is -0.704. The summed E-state index contributed by atoms with van der Waals surface area (Å²) in [5.41, 5.74) is 2.85. The van der Waals surface area contributed by atoms with Gasteiger partial charge in [-0.1, -0.05) is 27.2 Å². The summed E-state index contributed by atoms with van der Waals surface area (Å²) in [6.45, 7) is 6.51. The Balaban J connectivity index is 2.88. The summed E-state index contributed by atoms with van der Waals surface area (Å²) >= 11 is 0. The maximum absolute atomic E-state index is 10.3. The van der Waals surface area contributed by atoms with Crippen molar-refractivity contribution in [2.75, 3.05) is 17.3 Å². The molecule has 6 heteroatoms. The monoisotopic (exact) mass is 267 g/mol. The van der Waals surface area contributed by atoms with Crippen LogP contribution in [0, 0.1) is 0 Å². The van der Waals surface area contributed by atoms with Gasteiger partial charge in [-0.05, 0) is 19.3 Å². The Labute approximate surface area is 114 Å². The smallest absolute Gasteiger partial charge is 0.148 e. The van der Waals surface area contributed by atoms with Crippen molar-refractivity contribution in [3.63, 3.8) is 0 Å². The van der Waals surface area contributed by atoms with Gasteiger partial charge in [0.15, 0.2) is 0 Å². The third-order valence-corrected chi connectivity index (χ3v) is 3.48. The molecule has 1 aromatic heterocycles. The number of aliphatic hydroxyl groups is 1. The molecule has 0 aliphatic rings. The fraction of sp³-hybridized carbons (Fsp3) is 0.692. The first kappa shape index (κ1) is 15.7. The number of hydrazine groups is 1. The highest BCUT2D eigenvalue weighted by molar-refractivity contribution is 5.57. The topological polar surface area (TPSA) is 96.1 Å². The Kier molecular flexibility index (Phi) is 5.98. The Morgan fingerprint density at radius 1 is 1.21 bits per heavy atom. The summed E-state index contributed by atoms with van der Waals surface area (Å²) in [5, 5.41) is 13.5. The summed E-state index contributed by atoms with van der Waals surface area (Å²) in [6, 6.07) is 0. The van der Waals surface area contributed by atoms with E-state index in [0.29, 0.717) is 25.2 Å². The number of nitrogens with zero attached hydrogens (tertiary/aromatic N) is 2. The van der Waals surface area contributed by atoms with Crippen LogP contribution in [0.3, 0.4) is 0 Å². The third kappa shape index (κ3) is 4.04. The number of hydrogen-bond acceptors (Lipinski definition) is 6. The lowest BCUT2D eigenvalue weighted by Gasteiger charge is -2.26. The minimum Gasteiger partial charge on any atom is -0.388 e. The largest absolute Gasteiger partial charge is 0.388 e. The van der Waals surface area contributed by atoms with E-state index < -0.39 is 5.60 Å². The first-order chi connectivity index (χ1) is 9.10. The molecule has 0 unspecified atom stereocenters. The van der Waals surface area contributed by atoms with E-state index in [1.54, 1.807) is 0 Å². The van der Waals surface area contributed by atoms with Crippen LogP contribution in [0.2, 0.25) is 0 Å². The molecule has 0 aromatic carbocycles. The number of nitrogen functional groups attached to an aromatic ring is 1. The predicted octanol–water partition coefficient (Wildman–Crippen LogP) is 1.68. The lowest BCUT2D eigenvalue weighted by molar-refractivity contribution is 0.0456. The van der Waals surface area contributed by atoms with E-state index in [0.717, 1.165) is 24.2 Å². The van der Waals surface area contributed by atoms with E-state index in [-0.39, 0.29) is 0 Å². The highest BCUT2D eigenvalue weighted by Gasteiger charge is 2.22. The van der Waals surface area contributed by atoms with Gasteiger partial charge in [-0.25, -0.2) is 15.8 Å². The van der Waals surface area contributed by atoms with Gasteiger partial charge in [0.2, 0.25) is 0 Å². The van der Waals surface area contributed by atoms with Crippen LogP contribution in [0.5, 0.6) is 0 Å². The molecule has 0 amide bonds. The maximum Gasteiger partial charge on any atom is 0.148 e. The zero-order valence-electron chi connectivity index (χ0n) is 12.0. The first-order valence-electron chi connectivity index (χ1n) is 6.86. The lowest BCUT2D eigenvalue weighted by Crippen LogP contribution is -2.36. The van der Waals surface area contributed by atoms with Gasteiger partial charge in [-0.3, -0.25) is 0 Å². The molecule has 0 radical (unpaired) electrons. The first-order valence-corrected chi connectivity index (χ1v) is 6.86. The molecule has 0 aliphatic carbocycles. The molecule has 0 saturated carbocycles. The van der Waals surface area contributed by atoms with Gasteiger partial charge in [0.05, 0.1) is 5.60 Å². The molecule has 1 rings (SSSR count). The van der Waals surface area contributed by atoms with Gasteiger partial charge < -0.3 is 15.8 Å². The standard InChI is InChI=1S/C13H25N5O/c1-4-7-10-11(16-9-17-12(10)18-14)15-8-13(19,5-2)6-3/h9,19H,4-8,14H2,1-3H3,(H2,15,16,17,18). The van der Waals surface area contributed by atoms with E-state index in [2.05, 4.69) is 27.6 Å². The molecule has 0 aliphatic heterocycles. The zero-order chi connectivity index (χ0) is 14.3. The minimum absolute atomic E-state index is 0.470. The van der Waals surface area contributed by atoms with Crippen LogP contribution in [-0.4, -0.2) is 27.2 Å². The van der Waals surface area contributed by atoms with E-state index in [1.807, 2.05) is 13.8 Å². The molecule has 0 atom stereocenters. The third-order valence-electron chi connectivity index (χ3n) is 3.48. The van der Waals surface area contributed by atoms with Crippen LogP contribution in [0.1, 0.15) is 45.6 Å². The molecule has 0 spiro atoms. The number of nitrogens with one attached hydrogen (secondary N) is 2.